The molecule has 1 saturated heterocycles. The molecule has 3 aliphatic rings. The molecule has 4 atom stereocenters. The molecule has 0 radical (unpaired) electrons. The van der Waals surface area contributed by atoms with Gasteiger partial charge in [-0.05, 0) is 25.2 Å². The lowest BCUT2D eigenvalue weighted by atomic mass is 9.69. The first-order chi connectivity index (χ1) is 9.63. The van der Waals surface area contributed by atoms with Crippen LogP contribution in [-0.4, -0.2) is 40.8 Å². The van der Waals surface area contributed by atoms with Crippen LogP contribution in [0.2, 0.25) is 0 Å². The molecule has 1 amide bonds. The van der Waals surface area contributed by atoms with Crippen molar-refractivity contribution in [3.63, 3.8) is 0 Å². The Morgan fingerprint density at radius 2 is 2.10 bits per heavy atom. The minimum atomic E-state index is -0.656. The van der Waals surface area contributed by atoms with Crippen molar-refractivity contribution in [2.75, 3.05) is 6.61 Å². The van der Waals surface area contributed by atoms with Crippen LogP contribution in [0.25, 0.3) is 4.85 Å². The second kappa shape index (κ2) is 5.01. The minimum absolute atomic E-state index is 0.0233. The number of carbonyl (C=O) groups excluding carboxylic acids is 1. The summed E-state index contributed by atoms with van der Waals surface area (Å²) in [4.78, 5) is 18.1. The van der Waals surface area contributed by atoms with Crippen molar-refractivity contribution in [2.24, 2.45) is 17.1 Å². The van der Waals surface area contributed by atoms with E-state index in [0.717, 1.165) is 44.9 Å². The Morgan fingerprint density at radius 3 is 2.70 bits per heavy atom. The number of amides is 1. The lowest BCUT2D eigenvalue weighted by molar-refractivity contribution is -0.139. The average molecular weight is 277 g/mol. The fourth-order valence-corrected chi connectivity index (χ4v) is 4.10. The van der Waals surface area contributed by atoms with Crippen LogP contribution in [0.5, 0.6) is 0 Å². The molecule has 5 nitrogen and oxygen atoms in total. The average Bonchev–Trinajstić information content (AvgIpc) is 3.17. The van der Waals surface area contributed by atoms with Crippen molar-refractivity contribution in [3.8, 4) is 0 Å². The highest BCUT2D eigenvalue weighted by Crippen LogP contribution is 2.49. The van der Waals surface area contributed by atoms with E-state index in [1.165, 1.54) is 0 Å². The predicted octanol–water partition coefficient (Wildman–Crippen LogP) is 1.12. The van der Waals surface area contributed by atoms with Crippen LogP contribution < -0.4 is 5.73 Å². The van der Waals surface area contributed by atoms with Crippen LogP contribution >= 0.6 is 0 Å². The molecule has 20 heavy (non-hydrogen) atoms. The van der Waals surface area contributed by atoms with Crippen molar-refractivity contribution in [2.45, 2.75) is 63.2 Å². The maximum Gasteiger partial charge on any atom is 0.301 e. The van der Waals surface area contributed by atoms with Crippen LogP contribution in [0.1, 0.15) is 44.9 Å². The quantitative estimate of drug-likeness (QED) is 0.760. The lowest BCUT2D eigenvalue weighted by Gasteiger charge is -2.41. The third kappa shape index (κ3) is 2.02. The van der Waals surface area contributed by atoms with E-state index in [4.69, 9.17) is 12.3 Å². The molecule has 3 rings (SSSR count). The Bertz CT molecular complexity index is 439. The third-order valence-corrected chi connectivity index (χ3v) is 5.57. The van der Waals surface area contributed by atoms with E-state index in [1.54, 1.807) is 4.90 Å². The molecule has 0 aromatic heterocycles. The fraction of sp³-hybridized carbons (Fsp3) is 0.867. The highest BCUT2D eigenvalue weighted by molar-refractivity contribution is 5.84. The molecule has 5 heteroatoms. The number of aliphatic hydroxyl groups is 1. The Balaban J connectivity index is 1.77. The largest absolute Gasteiger partial charge is 0.396 e. The molecule has 0 spiro atoms. The number of likely N-dealkylation sites (tertiary alicyclic amines) is 1. The Kier molecular flexibility index (Phi) is 3.47. The summed E-state index contributed by atoms with van der Waals surface area (Å²) in [6.45, 7) is 7.23. The van der Waals surface area contributed by atoms with E-state index in [0.29, 0.717) is 5.92 Å². The zero-order valence-electron chi connectivity index (χ0n) is 11.8. The summed E-state index contributed by atoms with van der Waals surface area (Å²) in [6.07, 6.45) is 6.36. The fourth-order valence-electron chi connectivity index (χ4n) is 4.10. The summed E-state index contributed by atoms with van der Waals surface area (Å²) in [5.41, 5.74) is 5.80. The zero-order valence-corrected chi connectivity index (χ0v) is 11.8. The van der Waals surface area contributed by atoms with Gasteiger partial charge >= 0.3 is 6.17 Å². The third-order valence-electron chi connectivity index (χ3n) is 5.57. The van der Waals surface area contributed by atoms with Gasteiger partial charge in [0.25, 0.3) is 0 Å². The summed E-state index contributed by atoms with van der Waals surface area (Å²) < 4.78 is 0. The van der Waals surface area contributed by atoms with Crippen LogP contribution in [0.4, 0.5) is 0 Å². The maximum absolute atomic E-state index is 12.8. The van der Waals surface area contributed by atoms with E-state index >= 15 is 0 Å². The van der Waals surface area contributed by atoms with Gasteiger partial charge in [0.15, 0.2) is 0 Å². The summed E-state index contributed by atoms with van der Waals surface area (Å²) in [5, 5.41) is 9.79. The van der Waals surface area contributed by atoms with Crippen LogP contribution in [0.3, 0.4) is 0 Å². The van der Waals surface area contributed by atoms with Gasteiger partial charge in [0.1, 0.15) is 0 Å². The van der Waals surface area contributed by atoms with Gasteiger partial charge in [-0.15, -0.1) is 0 Å². The summed E-state index contributed by atoms with van der Waals surface area (Å²) in [5.74, 6) is 0.411. The molecular weight excluding hydrogens is 254 g/mol. The molecule has 3 fully saturated rings. The Hall–Kier alpha value is -1.12. The maximum atomic E-state index is 12.8. The molecule has 2 unspecified atom stereocenters. The van der Waals surface area contributed by atoms with Crippen molar-refractivity contribution >= 4 is 5.91 Å². The second-order valence-electron chi connectivity index (χ2n) is 6.71. The number of aliphatic hydroxyl groups excluding tert-OH is 1. The highest BCUT2D eigenvalue weighted by atomic mass is 16.3. The smallest absolute Gasteiger partial charge is 0.301 e. The number of nitrogens with zero attached hydrogens (tertiary/aromatic N) is 2. The lowest BCUT2D eigenvalue weighted by Crippen LogP contribution is -2.57. The van der Waals surface area contributed by atoms with Gasteiger partial charge < -0.3 is 10.8 Å². The molecule has 2 aliphatic carbocycles. The minimum Gasteiger partial charge on any atom is -0.396 e. The predicted molar refractivity (Wildman–Crippen MR) is 74.3 cm³/mol. The van der Waals surface area contributed by atoms with Crippen LogP contribution in [0.15, 0.2) is 0 Å². The van der Waals surface area contributed by atoms with Crippen molar-refractivity contribution < 1.29 is 9.90 Å². The number of hydrogen-bond donors (Lipinski definition) is 2. The summed E-state index contributed by atoms with van der Waals surface area (Å²) >= 11 is 0. The first-order valence-electron chi connectivity index (χ1n) is 7.68. The number of piperidine rings is 1. The van der Waals surface area contributed by atoms with Gasteiger partial charge in [0, 0.05) is 17.9 Å². The summed E-state index contributed by atoms with van der Waals surface area (Å²) in [7, 11) is 0. The molecule has 0 aromatic carbocycles. The molecule has 0 bridgehead atoms. The number of carbonyl (C=O) groups is 1. The van der Waals surface area contributed by atoms with Crippen LogP contribution in [-0.2, 0) is 4.79 Å². The Labute approximate surface area is 119 Å². The number of hydrogen-bond acceptors (Lipinski definition) is 3. The van der Waals surface area contributed by atoms with Gasteiger partial charge in [0.05, 0.1) is 12.6 Å². The molecule has 110 valence electrons. The first kappa shape index (κ1) is 13.8. The van der Waals surface area contributed by atoms with Crippen molar-refractivity contribution in [1.82, 2.24) is 4.90 Å². The van der Waals surface area contributed by atoms with Gasteiger partial charge in [-0.1, -0.05) is 19.3 Å². The Morgan fingerprint density at radius 1 is 1.40 bits per heavy atom. The van der Waals surface area contributed by atoms with E-state index < -0.39 is 11.5 Å². The number of fused-ring (bicyclic) bond motifs is 1. The first-order valence-corrected chi connectivity index (χ1v) is 7.68. The molecule has 3 N–H and O–H groups in total. The second-order valence-corrected chi connectivity index (χ2v) is 6.71. The summed E-state index contributed by atoms with van der Waals surface area (Å²) in [6, 6.07) is -0.414. The van der Waals surface area contributed by atoms with Crippen molar-refractivity contribution in [1.29, 1.82) is 0 Å². The van der Waals surface area contributed by atoms with Crippen LogP contribution in [0, 0.1) is 17.9 Å². The van der Waals surface area contributed by atoms with E-state index in [2.05, 4.69) is 4.85 Å². The monoisotopic (exact) mass is 277 g/mol. The molecule has 2 saturated carbocycles. The SMILES string of the molecule is [C-]#[N+][C@@H]1C[C@@H]2CC2N1C(=O)C(N)C1(CO)CCCCC1. The van der Waals surface area contributed by atoms with Gasteiger partial charge in [0.2, 0.25) is 5.91 Å². The van der Waals surface area contributed by atoms with Gasteiger partial charge in [-0.3, -0.25) is 14.5 Å². The topological polar surface area (TPSA) is 70.9 Å². The molecular formula is C15H23N3O2. The van der Waals surface area contributed by atoms with Crippen molar-refractivity contribution in [3.05, 3.63) is 11.4 Å². The number of nitrogens with two attached hydrogens (primary N) is 1. The standard InChI is InChI=1S/C15H23N3O2/c1-17-12-8-10-7-11(10)18(12)14(20)13(16)15(9-19)5-3-2-4-6-15/h10-13,19H,2-9,16H2/t10-,11?,12-,13?/m0/s1. The normalized spacial score (nSPS) is 36.0. The van der Waals surface area contributed by atoms with E-state index in [-0.39, 0.29) is 24.7 Å². The number of rotatable bonds is 3. The molecule has 1 heterocycles. The van der Waals surface area contributed by atoms with Gasteiger partial charge in [-0.25, -0.2) is 6.57 Å². The zero-order chi connectivity index (χ0) is 14.3. The molecule has 0 aromatic rings. The van der Waals surface area contributed by atoms with E-state index in [1.807, 2.05) is 0 Å². The van der Waals surface area contributed by atoms with Gasteiger partial charge in [-0.2, -0.15) is 0 Å². The highest BCUT2D eigenvalue weighted by Gasteiger charge is 2.59. The molecule has 1 aliphatic heterocycles. The van der Waals surface area contributed by atoms with E-state index in [9.17, 15) is 9.90 Å².